The smallest absolute Gasteiger partial charge is 0.162 e. The number of hydrogen-bond donors (Lipinski definition) is 1. The summed E-state index contributed by atoms with van der Waals surface area (Å²) in [6, 6.07) is 15.4. The Kier molecular flexibility index (Phi) is 5.75. The number of Topliss-reactive ketones (excluding diaryl/α,β-unsaturated/α-hetero) is 1. The molecular weight excluding hydrogens is 412 g/mol. The van der Waals surface area contributed by atoms with E-state index in [-0.39, 0.29) is 11.7 Å². The zero-order chi connectivity index (χ0) is 22.1. The number of carbonyl (C=O) groups excluding carboxylic acids is 1. The number of allylic oxidation sites excluding steroid dienone is 4. The lowest BCUT2D eigenvalue weighted by molar-refractivity contribution is -0.116. The van der Waals surface area contributed by atoms with Gasteiger partial charge in [-0.3, -0.25) is 4.79 Å². The highest BCUT2D eigenvalue weighted by molar-refractivity contribution is 6.30. The number of nitriles is 1. The van der Waals surface area contributed by atoms with Crippen molar-refractivity contribution < 1.29 is 14.3 Å². The Morgan fingerprint density at radius 2 is 1.84 bits per heavy atom. The van der Waals surface area contributed by atoms with Gasteiger partial charge in [-0.2, -0.15) is 5.26 Å². The van der Waals surface area contributed by atoms with Gasteiger partial charge in [0.05, 0.1) is 31.8 Å². The third-order valence-electron chi connectivity index (χ3n) is 6.04. The molecular formula is C25H23ClN2O3. The zero-order valence-corrected chi connectivity index (χ0v) is 18.4. The molecule has 6 heteroatoms. The second-order valence-electron chi connectivity index (χ2n) is 7.79. The van der Waals surface area contributed by atoms with Crippen molar-refractivity contribution >= 4 is 17.4 Å². The summed E-state index contributed by atoms with van der Waals surface area (Å²) >= 11 is 6.03. The molecule has 1 heterocycles. The fraction of sp³-hybridized carbons (Fsp3) is 0.280. The van der Waals surface area contributed by atoms with E-state index in [1.807, 2.05) is 43.3 Å². The van der Waals surface area contributed by atoms with Crippen LogP contribution in [0.1, 0.15) is 42.7 Å². The van der Waals surface area contributed by atoms with E-state index >= 15 is 0 Å². The summed E-state index contributed by atoms with van der Waals surface area (Å²) in [4.78, 5) is 13.5. The van der Waals surface area contributed by atoms with Crippen molar-refractivity contribution in [1.29, 1.82) is 5.26 Å². The summed E-state index contributed by atoms with van der Waals surface area (Å²) in [6.45, 7) is 1.87. The number of ketones is 1. The molecule has 0 unspecified atom stereocenters. The maximum absolute atomic E-state index is 13.5. The first-order valence-corrected chi connectivity index (χ1v) is 10.5. The van der Waals surface area contributed by atoms with E-state index in [0.29, 0.717) is 40.5 Å². The van der Waals surface area contributed by atoms with Gasteiger partial charge in [0.1, 0.15) is 11.5 Å². The van der Waals surface area contributed by atoms with Crippen molar-refractivity contribution in [1.82, 2.24) is 5.32 Å². The first-order valence-electron chi connectivity index (χ1n) is 10.1. The minimum atomic E-state index is -0.495. The Morgan fingerprint density at radius 3 is 2.48 bits per heavy atom. The second kappa shape index (κ2) is 8.49. The minimum absolute atomic E-state index is 0.0313. The minimum Gasteiger partial charge on any atom is -0.497 e. The van der Waals surface area contributed by atoms with E-state index in [1.54, 1.807) is 20.3 Å². The molecule has 0 radical (unpaired) electrons. The van der Waals surface area contributed by atoms with Crippen LogP contribution in [0.5, 0.6) is 11.5 Å². The molecule has 1 aliphatic heterocycles. The Morgan fingerprint density at radius 1 is 1.10 bits per heavy atom. The molecule has 0 aromatic heterocycles. The predicted molar refractivity (Wildman–Crippen MR) is 119 cm³/mol. The zero-order valence-electron chi connectivity index (χ0n) is 17.7. The summed E-state index contributed by atoms with van der Waals surface area (Å²) in [7, 11) is 3.18. The number of nitrogens with one attached hydrogen (secondary N) is 1. The van der Waals surface area contributed by atoms with Gasteiger partial charge in [0, 0.05) is 34.0 Å². The largest absolute Gasteiger partial charge is 0.497 e. The van der Waals surface area contributed by atoms with Crippen molar-refractivity contribution in [2.75, 3.05) is 14.2 Å². The molecule has 2 atom stereocenters. The van der Waals surface area contributed by atoms with Crippen molar-refractivity contribution in [3.8, 4) is 17.6 Å². The fourth-order valence-corrected chi connectivity index (χ4v) is 4.66. The standard InChI is InChI=1S/C25H23ClN2O3/c1-14-20(13-27)24(19-12-18(30-2)8-9-23(19)31-3)25-21(28-14)10-16(11-22(25)29)15-4-6-17(26)7-5-15/h4-9,12,16,24,28H,10-11H2,1-3H3/t16-,24-/m0/s1. The van der Waals surface area contributed by atoms with Crippen LogP contribution < -0.4 is 14.8 Å². The van der Waals surface area contributed by atoms with Gasteiger partial charge in [0.2, 0.25) is 0 Å². The number of benzene rings is 2. The summed E-state index contributed by atoms with van der Waals surface area (Å²) in [5.41, 5.74) is 4.60. The molecule has 2 aromatic carbocycles. The van der Waals surface area contributed by atoms with E-state index < -0.39 is 5.92 Å². The molecule has 0 amide bonds. The molecule has 0 fully saturated rings. The van der Waals surface area contributed by atoms with Crippen molar-refractivity contribution in [2.24, 2.45) is 0 Å². The molecule has 1 N–H and O–H groups in total. The highest BCUT2D eigenvalue weighted by atomic mass is 35.5. The SMILES string of the molecule is COc1ccc(OC)c([C@H]2C(C#N)=C(C)NC3=C2C(=O)C[C@@H](c2ccc(Cl)cc2)C3)c1. The fourth-order valence-electron chi connectivity index (χ4n) is 4.53. The van der Waals surface area contributed by atoms with Crippen molar-refractivity contribution in [3.63, 3.8) is 0 Å². The Balaban J connectivity index is 1.83. The lowest BCUT2D eigenvalue weighted by Gasteiger charge is -2.36. The van der Waals surface area contributed by atoms with Crippen LogP contribution in [0.3, 0.4) is 0 Å². The highest BCUT2D eigenvalue weighted by Crippen LogP contribution is 2.47. The number of halogens is 1. The molecule has 158 valence electrons. The van der Waals surface area contributed by atoms with Crippen LogP contribution in [0.2, 0.25) is 5.02 Å². The molecule has 2 aromatic rings. The first-order chi connectivity index (χ1) is 15.0. The van der Waals surface area contributed by atoms with Gasteiger partial charge in [0.15, 0.2) is 5.78 Å². The van der Waals surface area contributed by atoms with Gasteiger partial charge in [-0.15, -0.1) is 0 Å². The number of carbonyl (C=O) groups is 1. The number of nitrogens with zero attached hydrogens (tertiary/aromatic N) is 1. The van der Waals surface area contributed by atoms with Crippen molar-refractivity contribution in [3.05, 3.63) is 81.2 Å². The van der Waals surface area contributed by atoms with Crippen LogP contribution >= 0.6 is 11.6 Å². The third-order valence-corrected chi connectivity index (χ3v) is 6.29. The van der Waals surface area contributed by atoms with Crippen LogP contribution in [0.4, 0.5) is 0 Å². The average Bonchev–Trinajstić information content (AvgIpc) is 2.78. The van der Waals surface area contributed by atoms with Gasteiger partial charge in [0.25, 0.3) is 0 Å². The Labute approximate surface area is 186 Å². The average molecular weight is 435 g/mol. The van der Waals surface area contributed by atoms with E-state index in [4.69, 9.17) is 21.1 Å². The van der Waals surface area contributed by atoms with Gasteiger partial charge in [-0.1, -0.05) is 23.7 Å². The van der Waals surface area contributed by atoms with E-state index in [2.05, 4.69) is 11.4 Å². The van der Waals surface area contributed by atoms with Crippen LogP contribution in [0.25, 0.3) is 0 Å². The number of methoxy groups -OCH3 is 2. The van der Waals surface area contributed by atoms with Gasteiger partial charge in [-0.05, 0) is 55.2 Å². The van der Waals surface area contributed by atoms with Gasteiger partial charge < -0.3 is 14.8 Å². The molecule has 1 aliphatic carbocycles. The lowest BCUT2D eigenvalue weighted by Crippen LogP contribution is -2.33. The van der Waals surface area contributed by atoms with Crippen LogP contribution in [0.15, 0.2) is 65.0 Å². The molecule has 31 heavy (non-hydrogen) atoms. The van der Waals surface area contributed by atoms with E-state index in [0.717, 1.165) is 22.5 Å². The predicted octanol–water partition coefficient (Wildman–Crippen LogP) is 5.24. The number of rotatable bonds is 4. The molecule has 0 saturated carbocycles. The number of hydrogen-bond acceptors (Lipinski definition) is 5. The normalized spacial score (nSPS) is 20.7. The third kappa shape index (κ3) is 3.80. The summed E-state index contributed by atoms with van der Waals surface area (Å²) in [5, 5.41) is 14.0. The molecule has 0 spiro atoms. The summed E-state index contributed by atoms with van der Waals surface area (Å²) in [5.74, 6) is 0.857. The Bertz CT molecular complexity index is 1140. The van der Waals surface area contributed by atoms with Crippen LogP contribution in [-0.2, 0) is 4.79 Å². The number of ether oxygens (including phenoxy) is 2. The highest BCUT2D eigenvalue weighted by Gasteiger charge is 2.40. The molecule has 4 rings (SSSR count). The molecule has 2 aliphatic rings. The first kappa shape index (κ1) is 21.0. The van der Waals surface area contributed by atoms with Crippen LogP contribution in [-0.4, -0.2) is 20.0 Å². The Hall–Kier alpha value is -3.23. The van der Waals surface area contributed by atoms with Crippen molar-refractivity contribution in [2.45, 2.75) is 31.6 Å². The second-order valence-corrected chi connectivity index (χ2v) is 8.22. The number of dihydropyridines is 1. The van der Waals surface area contributed by atoms with E-state index in [1.165, 1.54) is 0 Å². The van der Waals surface area contributed by atoms with Crippen LogP contribution in [0, 0.1) is 11.3 Å². The quantitative estimate of drug-likeness (QED) is 0.712. The molecule has 0 saturated heterocycles. The monoisotopic (exact) mass is 434 g/mol. The topological polar surface area (TPSA) is 71.3 Å². The lowest BCUT2D eigenvalue weighted by atomic mass is 9.72. The van der Waals surface area contributed by atoms with Gasteiger partial charge >= 0.3 is 0 Å². The maximum Gasteiger partial charge on any atom is 0.162 e. The molecule has 0 bridgehead atoms. The molecule has 5 nitrogen and oxygen atoms in total. The summed E-state index contributed by atoms with van der Waals surface area (Å²) < 4.78 is 11.0. The maximum atomic E-state index is 13.5. The summed E-state index contributed by atoms with van der Waals surface area (Å²) in [6.07, 6.45) is 1.06. The van der Waals surface area contributed by atoms with E-state index in [9.17, 15) is 10.1 Å². The van der Waals surface area contributed by atoms with Gasteiger partial charge in [-0.25, -0.2) is 0 Å².